The molecule has 1 N–H and O–H groups in total. The minimum Gasteiger partial charge on any atom is -0.356 e. The van der Waals surface area contributed by atoms with Gasteiger partial charge in [-0.05, 0) is 62.3 Å². The second-order valence-corrected chi connectivity index (χ2v) is 11.2. The Hall–Kier alpha value is -3.93. The molecule has 3 aliphatic rings. The van der Waals surface area contributed by atoms with E-state index in [1.54, 1.807) is 18.5 Å². The third-order valence-corrected chi connectivity index (χ3v) is 8.41. The molecular weight excluding hydrogens is 545 g/mol. The van der Waals surface area contributed by atoms with Gasteiger partial charge in [0.1, 0.15) is 17.8 Å². The molecule has 12 heteroatoms. The summed E-state index contributed by atoms with van der Waals surface area (Å²) in [6, 6.07) is 7.44. The first kappa shape index (κ1) is 28.2. The van der Waals surface area contributed by atoms with Gasteiger partial charge in [0.25, 0.3) is 0 Å². The number of anilines is 1. The summed E-state index contributed by atoms with van der Waals surface area (Å²) < 4.78 is 39.1. The van der Waals surface area contributed by atoms with Gasteiger partial charge >= 0.3 is 6.18 Å². The van der Waals surface area contributed by atoms with Crippen LogP contribution >= 0.6 is 0 Å². The van der Waals surface area contributed by atoms with Gasteiger partial charge in [-0.3, -0.25) is 9.78 Å². The number of amides is 1. The molecule has 0 aromatic carbocycles. The molecule has 2 saturated heterocycles. The number of rotatable bonds is 6. The number of halogens is 3. The fraction of sp³-hybridized carbons (Fsp3) is 0.467. The van der Waals surface area contributed by atoms with Crippen molar-refractivity contribution in [2.45, 2.75) is 56.8 Å². The Morgan fingerprint density at radius 3 is 2.43 bits per heavy atom. The van der Waals surface area contributed by atoms with Crippen LogP contribution in [0.1, 0.15) is 49.9 Å². The van der Waals surface area contributed by atoms with Gasteiger partial charge in [-0.1, -0.05) is 6.08 Å². The number of allylic oxidation sites excluding steroid dienone is 1. The van der Waals surface area contributed by atoms with E-state index in [9.17, 15) is 18.0 Å². The lowest BCUT2D eigenvalue weighted by Gasteiger charge is -2.34. The minimum atomic E-state index is -4.51. The number of nitrogens with one attached hydrogen (secondary N) is 1. The number of carbonyl (C=O) groups excluding carboxylic acids is 1. The number of alkyl halides is 3. The van der Waals surface area contributed by atoms with Crippen LogP contribution in [0.15, 0.2) is 55.3 Å². The maximum Gasteiger partial charge on any atom is 0.433 e. The number of hydrogen-bond acceptors (Lipinski definition) is 8. The number of piperidine rings is 1. The van der Waals surface area contributed by atoms with E-state index in [1.807, 2.05) is 28.1 Å². The number of carbonyl (C=O) groups is 1. The van der Waals surface area contributed by atoms with E-state index >= 15 is 0 Å². The SMILES string of the molecule is O=C(C1CCN(c2cc(C(F)(F)F)ncn2)CC1)N1CC[C@H](NC2CC=C(c3ccc(-c4ncccn4)cn3)CC2)C1. The Labute approximate surface area is 242 Å². The lowest BCUT2D eigenvalue weighted by Crippen LogP contribution is -2.44. The average molecular weight is 579 g/mol. The van der Waals surface area contributed by atoms with Crippen LogP contribution in [-0.4, -0.2) is 74.0 Å². The van der Waals surface area contributed by atoms with E-state index in [2.05, 4.69) is 36.3 Å². The van der Waals surface area contributed by atoms with Crippen LogP contribution in [0.2, 0.25) is 0 Å². The molecule has 0 bridgehead atoms. The topological polar surface area (TPSA) is 100 Å². The third kappa shape index (κ3) is 6.43. The predicted octanol–water partition coefficient (Wildman–Crippen LogP) is 4.39. The quantitative estimate of drug-likeness (QED) is 0.460. The van der Waals surface area contributed by atoms with E-state index in [4.69, 9.17) is 0 Å². The van der Waals surface area contributed by atoms with Gasteiger partial charge < -0.3 is 15.1 Å². The van der Waals surface area contributed by atoms with Crippen LogP contribution in [-0.2, 0) is 11.0 Å². The summed E-state index contributed by atoms with van der Waals surface area (Å²) >= 11 is 0. The molecule has 1 aliphatic carbocycles. The molecule has 2 aliphatic heterocycles. The van der Waals surface area contributed by atoms with Crippen molar-refractivity contribution in [3.63, 3.8) is 0 Å². The lowest BCUT2D eigenvalue weighted by atomic mass is 9.92. The van der Waals surface area contributed by atoms with E-state index in [-0.39, 0.29) is 23.7 Å². The molecule has 5 heterocycles. The highest BCUT2D eigenvalue weighted by atomic mass is 19.4. The van der Waals surface area contributed by atoms with Gasteiger partial charge in [-0.25, -0.2) is 19.9 Å². The van der Waals surface area contributed by atoms with Gasteiger partial charge in [0, 0.05) is 74.4 Å². The van der Waals surface area contributed by atoms with Crippen molar-refractivity contribution < 1.29 is 18.0 Å². The largest absolute Gasteiger partial charge is 0.433 e. The van der Waals surface area contributed by atoms with Crippen molar-refractivity contribution in [1.29, 1.82) is 0 Å². The molecule has 220 valence electrons. The highest BCUT2D eigenvalue weighted by Gasteiger charge is 2.36. The Kier molecular flexibility index (Phi) is 8.14. The molecular formula is C30H33F3N8O. The van der Waals surface area contributed by atoms with E-state index in [1.165, 1.54) is 5.57 Å². The maximum absolute atomic E-state index is 13.3. The molecule has 2 fully saturated rings. The number of aromatic nitrogens is 5. The van der Waals surface area contributed by atoms with Crippen molar-refractivity contribution in [2.24, 2.45) is 5.92 Å². The summed E-state index contributed by atoms with van der Waals surface area (Å²) in [5.74, 6) is 0.960. The first-order chi connectivity index (χ1) is 20.3. The van der Waals surface area contributed by atoms with Crippen LogP contribution < -0.4 is 10.2 Å². The second-order valence-electron chi connectivity index (χ2n) is 11.2. The van der Waals surface area contributed by atoms with Crippen molar-refractivity contribution in [3.05, 3.63) is 66.6 Å². The summed E-state index contributed by atoms with van der Waals surface area (Å²) in [5.41, 5.74) is 2.18. The van der Waals surface area contributed by atoms with Crippen molar-refractivity contribution in [3.8, 4) is 11.4 Å². The Morgan fingerprint density at radius 2 is 1.74 bits per heavy atom. The fourth-order valence-corrected chi connectivity index (χ4v) is 6.10. The summed E-state index contributed by atoms with van der Waals surface area (Å²) in [4.78, 5) is 37.6. The molecule has 1 unspecified atom stereocenters. The normalized spacial score (nSPS) is 21.8. The first-order valence-electron chi connectivity index (χ1n) is 14.5. The van der Waals surface area contributed by atoms with Crippen LogP contribution in [0.25, 0.3) is 17.0 Å². The van der Waals surface area contributed by atoms with Crippen LogP contribution in [0.4, 0.5) is 19.0 Å². The van der Waals surface area contributed by atoms with Crippen LogP contribution in [0, 0.1) is 5.92 Å². The summed E-state index contributed by atoms with van der Waals surface area (Å²) in [6.45, 7) is 2.41. The van der Waals surface area contributed by atoms with E-state index < -0.39 is 11.9 Å². The van der Waals surface area contributed by atoms with E-state index in [0.29, 0.717) is 44.3 Å². The zero-order chi connectivity index (χ0) is 29.1. The molecule has 3 aromatic heterocycles. The van der Waals surface area contributed by atoms with Gasteiger partial charge in [0.15, 0.2) is 5.82 Å². The fourth-order valence-electron chi connectivity index (χ4n) is 6.10. The Bertz CT molecular complexity index is 1410. The number of nitrogens with zero attached hydrogens (tertiary/aromatic N) is 7. The van der Waals surface area contributed by atoms with Gasteiger partial charge in [0.2, 0.25) is 5.91 Å². The van der Waals surface area contributed by atoms with Crippen molar-refractivity contribution in [2.75, 3.05) is 31.1 Å². The third-order valence-electron chi connectivity index (χ3n) is 8.41. The zero-order valence-corrected chi connectivity index (χ0v) is 23.2. The lowest BCUT2D eigenvalue weighted by molar-refractivity contribution is -0.141. The van der Waals surface area contributed by atoms with Crippen LogP contribution in [0.3, 0.4) is 0 Å². The van der Waals surface area contributed by atoms with Crippen molar-refractivity contribution >= 4 is 17.3 Å². The summed E-state index contributed by atoms with van der Waals surface area (Å²) in [6.07, 6.45) is 8.97. The molecule has 6 rings (SSSR count). The zero-order valence-electron chi connectivity index (χ0n) is 23.2. The number of likely N-dealkylation sites (tertiary alicyclic amines) is 1. The molecule has 3 aromatic rings. The maximum atomic E-state index is 13.3. The monoisotopic (exact) mass is 578 g/mol. The van der Waals surface area contributed by atoms with Gasteiger partial charge in [-0.15, -0.1) is 0 Å². The first-order valence-corrected chi connectivity index (χ1v) is 14.5. The number of pyridine rings is 1. The molecule has 2 atom stereocenters. The predicted molar refractivity (Wildman–Crippen MR) is 151 cm³/mol. The van der Waals surface area contributed by atoms with Gasteiger partial charge in [-0.2, -0.15) is 13.2 Å². The minimum absolute atomic E-state index is 0.114. The average Bonchev–Trinajstić information content (AvgIpc) is 3.50. The summed E-state index contributed by atoms with van der Waals surface area (Å²) in [5, 5.41) is 3.76. The standard InChI is InChI=1S/C30H33F3N8O/c31-30(32,33)26-16-27(38-19-37-26)40-13-8-21(9-14-40)29(42)41-15-10-24(18-41)39-23-5-2-20(3-6-23)25-7-4-22(17-36-25)28-34-11-1-12-35-28/h1-2,4,7,11-12,16-17,19,21,23-24,39H,3,5-6,8-10,13-15,18H2/t23?,24-/m0/s1. The number of hydrogen-bond donors (Lipinski definition) is 1. The molecule has 1 amide bonds. The Morgan fingerprint density at radius 1 is 0.929 bits per heavy atom. The van der Waals surface area contributed by atoms with Crippen molar-refractivity contribution in [1.82, 2.24) is 35.1 Å². The smallest absolute Gasteiger partial charge is 0.356 e. The molecule has 0 radical (unpaired) electrons. The Balaban J connectivity index is 0.960. The molecule has 0 saturated carbocycles. The highest BCUT2D eigenvalue weighted by Crippen LogP contribution is 2.31. The van der Waals surface area contributed by atoms with Gasteiger partial charge in [0.05, 0.1) is 5.69 Å². The highest BCUT2D eigenvalue weighted by molar-refractivity contribution is 5.79. The summed E-state index contributed by atoms with van der Waals surface area (Å²) in [7, 11) is 0. The molecule has 42 heavy (non-hydrogen) atoms. The second kappa shape index (κ2) is 12.1. The molecule has 0 spiro atoms. The van der Waals surface area contributed by atoms with E-state index in [0.717, 1.165) is 55.9 Å². The molecule has 9 nitrogen and oxygen atoms in total. The van der Waals surface area contributed by atoms with Crippen LogP contribution in [0.5, 0.6) is 0 Å².